The summed E-state index contributed by atoms with van der Waals surface area (Å²) in [5, 5.41) is 4.24. The van der Waals surface area contributed by atoms with Crippen molar-refractivity contribution < 1.29 is 0 Å². The molecule has 0 saturated carbocycles. The number of nitrogens with zero attached hydrogens (tertiary/aromatic N) is 1. The molecule has 2 atom stereocenters. The summed E-state index contributed by atoms with van der Waals surface area (Å²) < 4.78 is 0. The van der Waals surface area contributed by atoms with Crippen molar-refractivity contribution in [3.63, 3.8) is 0 Å². The van der Waals surface area contributed by atoms with Gasteiger partial charge in [0.2, 0.25) is 0 Å². The predicted octanol–water partition coefficient (Wildman–Crippen LogP) is 2.11. The maximum atomic E-state index is 6.22. The van der Waals surface area contributed by atoms with Crippen molar-refractivity contribution in [2.75, 3.05) is 23.7 Å². The molecule has 1 aromatic carbocycles. The van der Waals surface area contributed by atoms with Crippen LogP contribution in [0.15, 0.2) is 18.2 Å². The van der Waals surface area contributed by atoms with E-state index in [2.05, 4.69) is 24.1 Å². The number of hydrogen-bond donors (Lipinski definition) is 2. The lowest BCUT2D eigenvalue weighted by Gasteiger charge is -2.38. The maximum absolute atomic E-state index is 6.22. The lowest BCUT2D eigenvalue weighted by atomic mass is 10.1. The summed E-state index contributed by atoms with van der Waals surface area (Å²) in [4.78, 5) is 2.31. The molecule has 0 unspecified atom stereocenters. The second-order valence-electron chi connectivity index (χ2n) is 4.58. The highest BCUT2D eigenvalue weighted by Crippen LogP contribution is 2.29. The van der Waals surface area contributed by atoms with Gasteiger partial charge < -0.3 is 16.0 Å². The summed E-state index contributed by atoms with van der Waals surface area (Å²) >= 11 is 6.22. The number of nitrogens with two attached hydrogens (primary N) is 1. The molecule has 1 saturated heterocycles. The second-order valence-corrected chi connectivity index (χ2v) is 4.99. The molecular weight excluding hydrogens is 222 g/mol. The fourth-order valence-corrected chi connectivity index (χ4v) is 2.61. The Morgan fingerprint density at radius 3 is 2.50 bits per heavy atom. The van der Waals surface area contributed by atoms with Gasteiger partial charge in [-0.1, -0.05) is 11.6 Å². The minimum Gasteiger partial charge on any atom is -0.399 e. The number of rotatable bonds is 1. The Morgan fingerprint density at radius 2 is 1.94 bits per heavy atom. The van der Waals surface area contributed by atoms with Gasteiger partial charge >= 0.3 is 0 Å². The van der Waals surface area contributed by atoms with Gasteiger partial charge in [-0.15, -0.1) is 0 Å². The fraction of sp³-hybridized carbons (Fsp3) is 0.500. The maximum Gasteiger partial charge on any atom is 0.0660 e. The first kappa shape index (κ1) is 11.6. The highest BCUT2D eigenvalue weighted by molar-refractivity contribution is 6.33. The lowest BCUT2D eigenvalue weighted by molar-refractivity contribution is 0.407. The van der Waals surface area contributed by atoms with E-state index in [0.717, 1.165) is 23.8 Å². The van der Waals surface area contributed by atoms with Gasteiger partial charge in [0.25, 0.3) is 0 Å². The molecule has 1 aliphatic heterocycles. The molecule has 0 aliphatic carbocycles. The minimum atomic E-state index is 0.484. The molecule has 0 amide bonds. The Kier molecular flexibility index (Phi) is 3.26. The molecule has 1 aliphatic rings. The molecule has 2 rings (SSSR count). The van der Waals surface area contributed by atoms with Gasteiger partial charge in [0.1, 0.15) is 0 Å². The molecule has 1 heterocycles. The third-order valence-corrected chi connectivity index (χ3v) is 3.17. The summed E-state index contributed by atoms with van der Waals surface area (Å²) in [5.41, 5.74) is 7.49. The van der Waals surface area contributed by atoms with Crippen LogP contribution >= 0.6 is 11.6 Å². The Balaban J connectivity index is 2.23. The van der Waals surface area contributed by atoms with Gasteiger partial charge in [-0.3, -0.25) is 0 Å². The van der Waals surface area contributed by atoms with Crippen LogP contribution in [0.5, 0.6) is 0 Å². The molecule has 0 bridgehead atoms. The zero-order valence-corrected chi connectivity index (χ0v) is 10.5. The van der Waals surface area contributed by atoms with Gasteiger partial charge in [-0.2, -0.15) is 0 Å². The van der Waals surface area contributed by atoms with Crippen LogP contribution in [0, 0.1) is 0 Å². The first-order valence-electron chi connectivity index (χ1n) is 5.62. The Hall–Kier alpha value is -0.930. The number of anilines is 2. The molecule has 1 aromatic rings. The Morgan fingerprint density at radius 1 is 1.31 bits per heavy atom. The van der Waals surface area contributed by atoms with Crippen molar-refractivity contribution in [3.8, 4) is 0 Å². The monoisotopic (exact) mass is 239 g/mol. The van der Waals surface area contributed by atoms with E-state index in [1.54, 1.807) is 0 Å². The summed E-state index contributed by atoms with van der Waals surface area (Å²) in [6.45, 7) is 6.34. The molecule has 1 fully saturated rings. The van der Waals surface area contributed by atoms with Crippen molar-refractivity contribution in [1.82, 2.24) is 5.32 Å². The summed E-state index contributed by atoms with van der Waals surface area (Å²) in [6, 6.07) is 6.68. The van der Waals surface area contributed by atoms with E-state index in [4.69, 9.17) is 17.3 Å². The number of nitrogens with one attached hydrogen (secondary N) is 1. The van der Waals surface area contributed by atoms with Crippen LogP contribution in [0.4, 0.5) is 11.4 Å². The van der Waals surface area contributed by atoms with Gasteiger partial charge in [0.15, 0.2) is 0 Å². The SMILES string of the molecule is C[C@@H]1CN(c2ccc(N)cc2Cl)C[C@@H](C)N1. The van der Waals surface area contributed by atoms with Crippen LogP contribution in [0.1, 0.15) is 13.8 Å². The van der Waals surface area contributed by atoms with Crippen molar-refractivity contribution in [3.05, 3.63) is 23.2 Å². The number of hydrogen-bond acceptors (Lipinski definition) is 3. The Labute approximate surface area is 102 Å². The van der Waals surface area contributed by atoms with E-state index in [1.807, 2.05) is 18.2 Å². The topological polar surface area (TPSA) is 41.3 Å². The van der Waals surface area contributed by atoms with Crippen LogP contribution < -0.4 is 16.0 Å². The standard InChI is InChI=1S/C12H18ClN3/c1-8-6-16(7-9(2)15-8)12-4-3-10(14)5-11(12)13/h3-5,8-9,15H,6-7,14H2,1-2H3/t8-,9-/m1/s1. The van der Waals surface area contributed by atoms with E-state index >= 15 is 0 Å². The third kappa shape index (κ3) is 2.42. The van der Waals surface area contributed by atoms with Crippen LogP contribution in [-0.2, 0) is 0 Å². The van der Waals surface area contributed by atoms with E-state index in [-0.39, 0.29) is 0 Å². The van der Waals surface area contributed by atoms with Gasteiger partial charge in [-0.05, 0) is 32.0 Å². The molecule has 16 heavy (non-hydrogen) atoms. The first-order valence-corrected chi connectivity index (χ1v) is 6.00. The number of piperazine rings is 1. The largest absolute Gasteiger partial charge is 0.399 e. The number of benzene rings is 1. The molecule has 0 spiro atoms. The van der Waals surface area contributed by atoms with E-state index in [9.17, 15) is 0 Å². The van der Waals surface area contributed by atoms with Crippen molar-refractivity contribution in [2.45, 2.75) is 25.9 Å². The second kappa shape index (κ2) is 4.52. The Bertz CT molecular complexity index is 371. The zero-order valence-electron chi connectivity index (χ0n) is 9.70. The van der Waals surface area contributed by atoms with Crippen LogP contribution in [-0.4, -0.2) is 25.2 Å². The van der Waals surface area contributed by atoms with Crippen LogP contribution in [0.2, 0.25) is 5.02 Å². The van der Waals surface area contributed by atoms with Gasteiger partial charge in [-0.25, -0.2) is 0 Å². The molecule has 0 radical (unpaired) electrons. The number of nitrogen functional groups attached to an aromatic ring is 1. The molecular formula is C12H18ClN3. The van der Waals surface area contributed by atoms with Crippen molar-refractivity contribution in [1.29, 1.82) is 0 Å². The molecule has 0 aromatic heterocycles. The summed E-state index contributed by atoms with van der Waals surface area (Å²) in [5.74, 6) is 0. The molecule has 88 valence electrons. The smallest absolute Gasteiger partial charge is 0.0660 e. The first-order chi connectivity index (χ1) is 7.56. The van der Waals surface area contributed by atoms with E-state index in [1.165, 1.54) is 0 Å². The summed E-state index contributed by atoms with van der Waals surface area (Å²) in [6.07, 6.45) is 0. The fourth-order valence-electron chi connectivity index (χ4n) is 2.30. The van der Waals surface area contributed by atoms with Crippen molar-refractivity contribution in [2.24, 2.45) is 0 Å². The van der Waals surface area contributed by atoms with Crippen LogP contribution in [0.3, 0.4) is 0 Å². The highest BCUT2D eigenvalue weighted by atomic mass is 35.5. The van der Waals surface area contributed by atoms with Gasteiger partial charge in [0, 0.05) is 30.9 Å². The summed E-state index contributed by atoms with van der Waals surface area (Å²) in [7, 11) is 0. The normalized spacial score (nSPS) is 25.8. The van der Waals surface area contributed by atoms with Gasteiger partial charge in [0.05, 0.1) is 10.7 Å². The number of halogens is 1. The van der Waals surface area contributed by atoms with Crippen LogP contribution in [0.25, 0.3) is 0 Å². The third-order valence-electron chi connectivity index (χ3n) is 2.87. The predicted molar refractivity (Wildman–Crippen MR) is 70.1 cm³/mol. The lowest BCUT2D eigenvalue weighted by Crippen LogP contribution is -2.54. The molecule has 4 heteroatoms. The van der Waals surface area contributed by atoms with Crippen molar-refractivity contribution >= 4 is 23.0 Å². The quantitative estimate of drug-likeness (QED) is 0.738. The minimum absolute atomic E-state index is 0.484. The molecule has 3 nitrogen and oxygen atoms in total. The zero-order chi connectivity index (χ0) is 11.7. The van der Waals surface area contributed by atoms with E-state index in [0.29, 0.717) is 17.8 Å². The average molecular weight is 240 g/mol. The highest BCUT2D eigenvalue weighted by Gasteiger charge is 2.22. The molecule has 3 N–H and O–H groups in total. The average Bonchev–Trinajstić information content (AvgIpc) is 2.15. The van der Waals surface area contributed by atoms with E-state index < -0.39 is 0 Å².